The highest BCUT2D eigenvalue weighted by Crippen LogP contribution is 2.18. The van der Waals surface area contributed by atoms with Crippen molar-refractivity contribution in [2.75, 3.05) is 19.8 Å². The van der Waals surface area contributed by atoms with Gasteiger partial charge < -0.3 is 10.2 Å². The van der Waals surface area contributed by atoms with E-state index in [0.717, 1.165) is 22.6 Å². The first-order chi connectivity index (χ1) is 20.1. The van der Waals surface area contributed by atoms with Crippen molar-refractivity contribution in [3.05, 3.63) is 65.5 Å². The summed E-state index contributed by atoms with van der Waals surface area (Å²) in [7, 11) is -4.43. The third-order valence-corrected chi connectivity index (χ3v) is 6.85. The van der Waals surface area contributed by atoms with Gasteiger partial charge in [0, 0.05) is 37.8 Å². The number of hydrogen-bond donors (Lipinski definition) is 3. The maximum Gasteiger partial charge on any atom is 0.397 e. The third-order valence-electron chi connectivity index (χ3n) is 6.38. The molecule has 0 spiro atoms. The lowest BCUT2D eigenvalue weighted by atomic mass is 10.1. The van der Waals surface area contributed by atoms with Crippen LogP contribution in [0.25, 0.3) is 0 Å². The third kappa shape index (κ3) is 10.3. The summed E-state index contributed by atoms with van der Waals surface area (Å²) in [5, 5.41) is 19.5. The molecular weight excluding hydrogens is 576 g/mol. The summed E-state index contributed by atoms with van der Waals surface area (Å²) in [6.45, 7) is 15.1. The molecule has 0 fully saturated rings. The second-order valence-electron chi connectivity index (χ2n) is 12.4. The fraction of sp³-hybridized carbons (Fsp3) is 0.556. The molecule has 16 heteroatoms. The molecule has 43 heavy (non-hydrogen) atoms. The molecular formula is C27H42N10O5S. The minimum absolute atomic E-state index is 0.0807. The number of rotatable bonds is 14. The Hall–Kier alpha value is -3.57. The molecule has 1 aromatic carbocycles. The molecule has 3 aromatic rings. The number of nitrogens with zero attached hydrogens (tertiary/aromatic N) is 8. The van der Waals surface area contributed by atoms with Gasteiger partial charge in [0.25, 0.3) is 0 Å². The molecule has 15 nitrogen and oxygen atoms in total. The fourth-order valence-corrected chi connectivity index (χ4v) is 4.47. The standard InChI is InChI=1S/C27H42N10O5S/c1-26(2,3)36-19-23(29-32-36)16-34(17-24-20-37(33-30-24)27(4,5)6)15-22-18-35(31-28-22)14-21-8-10-25(11-9-21)41-12-7-13-42-43(38,39)40/h8-11,18-20,29,32H,7,12-17H2,1-6H3,(H,38,39,40). The zero-order valence-electron chi connectivity index (χ0n) is 25.6. The summed E-state index contributed by atoms with van der Waals surface area (Å²) in [5.74, 6) is 0.642. The van der Waals surface area contributed by atoms with E-state index < -0.39 is 10.4 Å². The Balaban J connectivity index is 1.36. The first kappa shape index (κ1) is 32.3. The Kier molecular flexibility index (Phi) is 10.1. The van der Waals surface area contributed by atoms with Crippen LogP contribution in [0.15, 0.2) is 48.6 Å². The summed E-state index contributed by atoms with van der Waals surface area (Å²) >= 11 is 0. The summed E-state index contributed by atoms with van der Waals surface area (Å²) in [4.78, 5) is 2.24. The molecule has 0 unspecified atom stereocenters. The van der Waals surface area contributed by atoms with Crippen LogP contribution in [0.4, 0.5) is 0 Å². The minimum atomic E-state index is -4.43. The van der Waals surface area contributed by atoms with E-state index in [4.69, 9.17) is 9.29 Å². The van der Waals surface area contributed by atoms with E-state index in [1.54, 1.807) is 4.68 Å². The van der Waals surface area contributed by atoms with Crippen LogP contribution in [0, 0.1) is 0 Å². The van der Waals surface area contributed by atoms with Crippen LogP contribution >= 0.6 is 0 Å². The van der Waals surface area contributed by atoms with Gasteiger partial charge in [0.05, 0.1) is 54.8 Å². The Morgan fingerprint density at radius 2 is 1.58 bits per heavy atom. The molecule has 0 saturated carbocycles. The topological polar surface area (TPSA) is 165 Å². The van der Waals surface area contributed by atoms with Crippen LogP contribution in [-0.2, 0) is 39.8 Å². The zero-order chi connectivity index (χ0) is 31.3. The van der Waals surface area contributed by atoms with Crippen LogP contribution < -0.4 is 15.7 Å². The second-order valence-corrected chi connectivity index (χ2v) is 13.5. The van der Waals surface area contributed by atoms with Crippen LogP contribution in [0.3, 0.4) is 0 Å². The molecule has 0 saturated heterocycles. The molecule has 3 heterocycles. The predicted octanol–water partition coefficient (Wildman–Crippen LogP) is 2.23. The van der Waals surface area contributed by atoms with E-state index >= 15 is 0 Å². The van der Waals surface area contributed by atoms with Crippen LogP contribution in [0.1, 0.15) is 64.9 Å². The molecule has 1 aliphatic rings. The van der Waals surface area contributed by atoms with E-state index in [-0.39, 0.29) is 24.3 Å². The van der Waals surface area contributed by atoms with Crippen LogP contribution in [0.2, 0.25) is 0 Å². The Morgan fingerprint density at radius 3 is 2.19 bits per heavy atom. The number of benzene rings is 1. The Labute approximate surface area is 252 Å². The lowest BCUT2D eigenvalue weighted by Gasteiger charge is -2.30. The van der Waals surface area contributed by atoms with Gasteiger partial charge in [0.1, 0.15) is 5.75 Å². The molecule has 3 N–H and O–H groups in total. The first-order valence-corrected chi connectivity index (χ1v) is 15.4. The summed E-state index contributed by atoms with van der Waals surface area (Å²) in [6.07, 6.45) is 6.32. The average Bonchev–Trinajstić information content (AvgIpc) is 3.65. The number of nitrogens with one attached hydrogen (secondary N) is 2. The molecule has 0 aliphatic carbocycles. The van der Waals surface area contributed by atoms with Crippen molar-refractivity contribution < 1.29 is 21.9 Å². The van der Waals surface area contributed by atoms with Gasteiger partial charge in [-0.15, -0.1) is 15.7 Å². The zero-order valence-corrected chi connectivity index (χ0v) is 26.4. The Morgan fingerprint density at radius 1 is 0.907 bits per heavy atom. The smallest absolute Gasteiger partial charge is 0.397 e. The Bertz CT molecular complexity index is 1470. The molecule has 0 bridgehead atoms. The number of ether oxygens (including phenoxy) is 1. The highest BCUT2D eigenvalue weighted by atomic mass is 32.3. The van der Waals surface area contributed by atoms with Crippen molar-refractivity contribution >= 4 is 10.4 Å². The molecule has 0 atom stereocenters. The predicted molar refractivity (Wildman–Crippen MR) is 158 cm³/mol. The molecule has 2 aromatic heterocycles. The summed E-state index contributed by atoms with van der Waals surface area (Å²) < 4.78 is 43.3. The normalized spacial score (nSPS) is 14.3. The highest BCUT2D eigenvalue weighted by Gasteiger charge is 2.25. The van der Waals surface area contributed by atoms with Crippen molar-refractivity contribution in [2.24, 2.45) is 0 Å². The number of aromatic nitrogens is 6. The van der Waals surface area contributed by atoms with E-state index in [2.05, 4.69) is 88.4 Å². The van der Waals surface area contributed by atoms with Crippen molar-refractivity contribution in [1.82, 2.24) is 50.9 Å². The van der Waals surface area contributed by atoms with Gasteiger partial charge in [-0.05, 0) is 59.2 Å². The van der Waals surface area contributed by atoms with Gasteiger partial charge in [-0.25, -0.2) is 13.5 Å². The van der Waals surface area contributed by atoms with Gasteiger partial charge in [0.15, 0.2) is 0 Å². The van der Waals surface area contributed by atoms with Crippen molar-refractivity contribution in [2.45, 2.75) is 78.7 Å². The van der Waals surface area contributed by atoms with E-state index in [9.17, 15) is 8.42 Å². The summed E-state index contributed by atoms with van der Waals surface area (Å²) in [5.41, 5.74) is 9.99. The quantitative estimate of drug-likeness (QED) is 0.178. The monoisotopic (exact) mass is 618 g/mol. The van der Waals surface area contributed by atoms with Crippen molar-refractivity contribution in [3.63, 3.8) is 0 Å². The second kappa shape index (κ2) is 13.4. The fourth-order valence-electron chi connectivity index (χ4n) is 4.14. The maximum absolute atomic E-state index is 10.6. The van der Waals surface area contributed by atoms with Crippen molar-refractivity contribution in [3.8, 4) is 5.75 Å². The van der Waals surface area contributed by atoms with Gasteiger partial charge in [-0.3, -0.25) is 14.5 Å². The van der Waals surface area contributed by atoms with Gasteiger partial charge in [0.2, 0.25) is 0 Å². The van der Waals surface area contributed by atoms with Gasteiger partial charge in [-0.2, -0.15) is 8.42 Å². The molecule has 236 valence electrons. The molecule has 4 rings (SSSR count). The van der Waals surface area contributed by atoms with E-state index in [1.165, 1.54) is 0 Å². The van der Waals surface area contributed by atoms with Gasteiger partial charge in [-0.1, -0.05) is 22.6 Å². The van der Waals surface area contributed by atoms with E-state index in [1.807, 2.05) is 46.3 Å². The number of hydrazine groups is 2. The van der Waals surface area contributed by atoms with Crippen LogP contribution in [-0.4, -0.2) is 78.2 Å². The van der Waals surface area contributed by atoms with Crippen molar-refractivity contribution in [1.29, 1.82) is 0 Å². The molecule has 0 radical (unpaired) electrons. The average molecular weight is 619 g/mol. The van der Waals surface area contributed by atoms with E-state index in [0.29, 0.717) is 38.3 Å². The lowest BCUT2D eigenvalue weighted by molar-refractivity contribution is 0.137. The maximum atomic E-state index is 10.6. The van der Waals surface area contributed by atoms with Gasteiger partial charge >= 0.3 is 10.4 Å². The highest BCUT2D eigenvalue weighted by molar-refractivity contribution is 7.80. The largest absolute Gasteiger partial charge is 0.494 e. The minimum Gasteiger partial charge on any atom is -0.494 e. The lowest BCUT2D eigenvalue weighted by Crippen LogP contribution is -2.47. The number of hydrogen-bond acceptors (Lipinski definition) is 12. The molecule has 1 aliphatic heterocycles. The first-order valence-electron chi connectivity index (χ1n) is 14.0. The molecule has 0 amide bonds. The van der Waals surface area contributed by atoms with Crippen LogP contribution in [0.5, 0.6) is 5.75 Å². The summed E-state index contributed by atoms with van der Waals surface area (Å²) in [6, 6.07) is 7.53. The SMILES string of the molecule is CC(C)(C)N1C=C(CN(Cc2cn(Cc3ccc(OCCCOS(=O)(=O)O)cc3)nn2)Cc2cn(C(C)(C)C)nn2)NN1.